The molecule has 3 aromatic carbocycles. The molecule has 0 aliphatic carbocycles. The summed E-state index contributed by atoms with van der Waals surface area (Å²) < 4.78 is 40.9. The van der Waals surface area contributed by atoms with Gasteiger partial charge in [-0.3, -0.25) is 4.79 Å². The van der Waals surface area contributed by atoms with Crippen LogP contribution in [-0.2, 0) is 21.4 Å². The van der Waals surface area contributed by atoms with Gasteiger partial charge in [-0.15, -0.1) is 0 Å². The van der Waals surface area contributed by atoms with Crippen LogP contribution in [-0.4, -0.2) is 25.2 Å². The van der Waals surface area contributed by atoms with E-state index in [-0.39, 0.29) is 22.2 Å². The molecule has 9 heteroatoms. The van der Waals surface area contributed by atoms with Crippen molar-refractivity contribution < 1.29 is 17.6 Å². The van der Waals surface area contributed by atoms with Crippen molar-refractivity contribution in [3.05, 3.63) is 93.7 Å². The first-order valence-corrected chi connectivity index (χ1v) is 11.4. The molecule has 0 aromatic heterocycles. The predicted octanol–water partition coefficient (Wildman–Crippen LogP) is 5.27. The number of halogens is 3. The summed E-state index contributed by atoms with van der Waals surface area (Å²) in [5.74, 6) is -1.21. The Hall–Kier alpha value is -2.45. The van der Waals surface area contributed by atoms with Gasteiger partial charge in [0.15, 0.2) is 0 Å². The molecule has 0 aliphatic heterocycles. The first-order valence-electron chi connectivity index (χ1n) is 9.21. The van der Waals surface area contributed by atoms with Crippen molar-refractivity contribution in [3.63, 3.8) is 0 Å². The molecule has 0 bridgehead atoms. The molecule has 0 saturated carbocycles. The van der Waals surface area contributed by atoms with Crippen molar-refractivity contribution in [2.24, 2.45) is 0 Å². The molecule has 3 aromatic rings. The number of aryl methyl sites for hydroxylation is 1. The largest absolute Gasteiger partial charge is 0.325 e. The highest BCUT2D eigenvalue weighted by atomic mass is 35.5. The number of hydrogen-bond acceptors (Lipinski definition) is 3. The maximum absolute atomic E-state index is 13.3. The second-order valence-electron chi connectivity index (χ2n) is 6.89. The molecule has 0 saturated heterocycles. The van der Waals surface area contributed by atoms with Crippen LogP contribution in [0.25, 0.3) is 0 Å². The number of hydrogen-bond donors (Lipinski definition) is 1. The number of carbonyl (C=O) groups is 1. The Kier molecular flexibility index (Phi) is 7.33. The monoisotopic (exact) mass is 480 g/mol. The molecule has 0 spiro atoms. The molecule has 0 atom stereocenters. The summed E-state index contributed by atoms with van der Waals surface area (Å²) in [4.78, 5) is 12.7. The minimum Gasteiger partial charge on any atom is -0.325 e. The first kappa shape index (κ1) is 23.2. The second kappa shape index (κ2) is 9.78. The van der Waals surface area contributed by atoms with E-state index < -0.39 is 28.3 Å². The van der Waals surface area contributed by atoms with Crippen LogP contribution in [0.5, 0.6) is 0 Å². The van der Waals surface area contributed by atoms with Crippen molar-refractivity contribution in [1.82, 2.24) is 4.31 Å². The minimum atomic E-state index is -3.97. The summed E-state index contributed by atoms with van der Waals surface area (Å²) in [6.07, 6.45) is 0. The van der Waals surface area contributed by atoms with E-state index in [1.165, 1.54) is 24.3 Å². The SMILES string of the molecule is Cc1ccc(S(=O)(=O)N(CC(=O)Nc2ccc(F)c(Cl)c2)Cc2ccc(Cl)cc2)cc1. The molecular weight excluding hydrogens is 462 g/mol. The molecule has 0 fully saturated rings. The molecule has 0 aliphatic rings. The fourth-order valence-electron chi connectivity index (χ4n) is 2.81. The standard InChI is InChI=1S/C22H19Cl2FN2O3S/c1-15-2-9-19(10-3-15)31(29,30)27(13-16-4-6-17(23)7-5-16)14-22(28)26-18-8-11-21(25)20(24)12-18/h2-12H,13-14H2,1H3,(H,26,28). The van der Waals surface area contributed by atoms with Crippen LogP contribution in [0, 0.1) is 12.7 Å². The Morgan fingerprint density at radius 3 is 2.26 bits per heavy atom. The third-order valence-electron chi connectivity index (χ3n) is 4.45. The van der Waals surface area contributed by atoms with Gasteiger partial charge in [-0.2, -0.15) is 4.31 Å². The van der Waals surface area contributed by atoms with Crippen molar-refractivity contribution in [2.45, 2.75) is 18.4 Å². The Labute approximate surface area is 190 Å². The minimum absolute atomic E-state index is 0.0367. The maximum Gasteiger partial charge on any atom is 0.243 e. The zero-order chi connectivity index (χ0) is 22.6. The number of carbonyl (C=O) groups excluding carboxylic acids is 1. The number of amides is 1. The fourth-order valence-corrected chi connectivity index (χ4v) is 4.50. The number of benzene rings is 3. The van der Waals surface area contributed by atoms with Gasteiger partial charge < -0.3 is 5.32 Å². The van der Waals surface area contributed by atoms with E-state index in [2.05, 4.69) is 5.32 Å². The topological polar surface area (TPSA) is 66.5 Å². The third kappa shape index (κ3) is 6.04. The van der Waals surface area contributed by atoms with Crippen LogP contribution in [0.1, 0.15) is 11.1 Å². The quantitative estimate of drug-likeness (QED) is 0.500. The fraction of sp³-hybridized carbons (Fsp3) is 0.136. The van der Waals surface area contributed by atoms with E-state index in [1.54, 1.807) is 36.4 Å². The predicted molar refractivity (Wildman–Crippen MR) is 120 cm³/mol. The summed E-state index contributed by atoms with van der Waals surface area (Å²) in [7, 11) is -3.97. The molecule has 0 radical (unpaired) electrons. The Balaban J connectivity index is 1.87. The van der Waals surface area contributed by atoms with Gasteiger partial charge in [-0.25, -0.2) is 12.8 Å². The van der Waals surface area contributed by atoms with E-state index in [4.69, 9.17) is 23.2 Å². The lowest BCUT2D eigenvalue weighted by Gasteiger charge is -2.22. The zero-order valence-corrected chi connectivity index (χ0v) is 18.8. The van der Waals surface area contributed by atoms with Crippen molar-refractivity contribution in [1.29, 1.82) is 0 Å². The number of sulfonamides is 1. The van der Waals surface area contributed by atoms with Gasteiger partial charge in [-0.05, 0) is 55.0 Å². The molecule has 1 amide bonds. The van der Waals surface area contributed by atoms with E-state index >= 15 is 0 Å². The molecule has 0 unspecified atom stereocenters. The molecule has 0 heterocycles. The Morgan fingerprint density at radius 2 is 1.65 bits per heavy atom. The summed E-state index contributed by atoms with van der Waals surface area (Å²) in [5, 5.41) is 2.92. The van der Waals surface area contributed by atoms with Crippen LogP contribution in [0.2, 0.25) is 10.0 Å². The van der Waals surface area contributed by atoms with Crippen LogP contribution < -0.4 is 5.32 Å². The van der Waals surface area contributed by atoms with Gasteiger partial charge in [0.2, 0.25) is 15.9 Å². The second-order valence-corrected chi connectivity index (χ2v) is 9.67. The van der Waals surface area contributed by atoms with Gasteiger partial charge in [-0.1, -0.05) is 53.0 Å². The van der Waals surface area contributed by atoms with Crippen LogP contribution in [0.15, 0.2) is 71.6 Å². The third-order valence-corrected chi connectivity index (χ3v) is 6.80. The lowest BCUT2D eigenvalue weighted by Crippen LogP contribution is -2.37. The molecule has 3 rings (SSSR count). The highest BCUT2D eigenvalue weighted by Gasteiger charge is 2.27. The van der Waals surface area contributed by atoms with Crippen LogP contribution in [0.4, 0.5) is 10.1 Å². The van der Waals surface area contributed by atoms with Gasteiger partial charge in [0.05, 0.1) is 16.5 Å². The first-order chi connectivity index (χ1) is 14.6. The molecule has 162 valence electrons. The zero-order valence-electron chi connectivity index (χ0n) is 16.5. The lowest BCUT2D eigenvalue weighted by atomic mass is 10.2. The maximum atomic E-state index is 13.3. The summed E-state index contributed by atoms with van der Waals surface area (Å²) in [5.41, 5.74) is 1.84. The highest BCUT2D eigenvalue weighted by molar-refractivity contribution is 7.89. The van der Waals surface area contributed by atoms with E-state index in [9.17, 15) is 17.6 Å². The van der Waals surface area contributed by atoms with Crippen molar-refractivity contribution >= 4 is 44.8 Å². The molecule has 5 nitrogen and oxygen atoms in total. The number of nitrogens with one attached hydrogen (secondary N) is 1. The van der Waals surface area contributed by atoms with E-state index in [0.717, 1.165) is 15.9 Å². The summed E-state index contributed by atoms with van der Waals surface area (Å²) >= 11 is 11.7. The average molecular weight is 481 g/mol. The van der Waals surface area contributed by atoms with Gasteiger partial charge in [0.25, 0.3) is 0 Å². The smallest absolute Gasteiger partial charge is 0.243 e. The molecule has 31 heavy (non-hydrogen) atoms. The molecular formula is C22H19Cl2FN2O3S. The van der Waals surface area contributed by atoms with Gasteiger partial charge >= 0.3 is 0 Å². The highest BCUT2D eigenvalue weighted by Crippen LogP contribution is 2.22. The summed E-state index contributed by atoms with van der Waals surface area (Å²) in [6, 6.07) is 16.8. The van der Waals surface area contributed by atoms with Crippen LogP contribution in [0.3, 0.4) is 0 Å². The normalized spacial score (nSPS) is 11.5. The Bertz CT molecular complexity index is 1180. The number of rotatable bonds is 7. The van der Waals surface area contributed by atoms with Gasteiger partial charge in [0.1, 0.15) is 5.82 Å². The lowest BCUT2D eigenvalue weighted by molar-refractivity contribution is -0.116. The summed E-state index contributed by atoms with van der Waals surface area (Å²) in [6.45, 7) is 1.36. The van der Waals surface area contributed by atoms with Crippen LogP contribution >= 0.6 is 23.2 Å². The Morgan fingerprint density at radius 1 is 1.00 bits per heavy atom. The molecule has 1 N–H and O–H groups in total. The number of nitrogens with zero attached hydrogens (tertiary/aromatic N) is 1. The van der Waals surface area contributed by atoms with E-state index in [0.29, 0.717) is 10.6 Å². The van der Waals surface area contributed by atoms with Gasteiger partial charge in [0, 0.05) is 17.3 Å². The van der Waals surface area contributed by atoms with E-state index in [1.807, 2.05) is 6.92 Å². The average Bonchev–Trinajstić information content (AvgIpc) is 2.72. The van der Waals surface area contributed by atoms with Crippen molar-refractivity contribution in [2.75, 3.05) is 11.9 Å². The van der Waals surface area contributed by atoms with Crippen molar-refractivity contribution in [3.8, 4) is 0 Å². The number of anilines is 1.